The highest BCUT2D eigenvalue weighted by atomic mass is 19.1. The Labute approximate surface area is 153 Å². The van der Waals surface area contributed by atoms with E-state index in [1.165, 1.54) is 6.07 Å². The lowest BCUT2D eigenvalue weighted by Crippen LogP contribution is -2.30. The Bertz CT molecular complexity index is 929. The second kappa shape index (κ2) is 8.26. The van der Waals surface area contributed by atoms with Crippen molar-refractivity contribution in [1.82, 2.24) is 15.5 Å². The van der Waals surface area contributed by atoms with Crippen molar-refractivity contribution in [3.63, 3.8) is 0 Å². The van der Waals surface area contributed by atoms with Crippen LogP contribution in [0.2, 0.25) is 0 Å². The van der Waals surface area contributed by atoms with Crippen LogP contribution in [0, 0.1) is 11.6 Å². The molecule has 140 valence electrons. The largest absolute Gasteiger partial charge is 0.497 e. The van der Waals surface area contributed by atoms with Gasteiger partial charge in [-0.05, 0) is 36.2 Å². The Hall–Kier alpha value is -3.49. The minimum absolute atomic E-state index is 0.0585. The second-order valence-corrected chi connectivity index (χ2v) is 5.52. The molecule has 0 aliphatic heterocycles. The van der Waals surface area contributed by atoms with Gasteiger partial charge in [-0.15, -0.1) is 5.10 Å². The quantitative estimate of drug-likeness (QED) is 0.690. The molecule has 0 saturated carbocycles. The average molecular weight is 374 g/mol. The number of ether oxygens (including phenoxy) is 1. The minimum Gasteiger partial charge on any atom is -0.497 e. The zero-order valence-corrected chi connectivity index (χ0v) is 14.3. The van der Waals surface area contributed by atoms with Gasteiger partial charge in [-0.1, -0.05) is 17.2 Å². The van der Waals surface area contributed by atoms with Gasteiger partial charge in [-0.25, -0.2) is 13.6 Å². The molecule has 3 rings (SSSR count). The molecule has 7 nitrogen and oxygen atoms in total. The molecule has 0 spiro atoms. The lowest BCUT2D eigenvalue weighted by molar-refractivity contribution is 0.251. The molecule has 0 atom stereocenters. The Morgan fingerprint density at radius 1 is 1.15 bits per heavy atom. The van der Waals surface area contributed by atoms with Crippen LogP contribution in [0.3, 0.4) is 0 Å². The Balaban J connectivity index is 1.51. The molecular formula is C18H16F2N4O3. The maximum atomic E-state index is 13.7. The summed E-state index contributed by atoms with van der Waals surface area (Å²) in [6, 6.07) is 9.69. The molecule has 27 heavy (non-hydrogen) atoms. The maximum absolute atomic E-state index is 13.7. The topological polar surface area (TPSA) is 89.3 Å². The third kappa shape index (κ3) is 4.78. The number of benzene rings is 2. The van der Waals surface area contributed by atoms with Gasteiger partial charge in [-0.2, -0.15) is 0 Å². The van der Waals surface area contributed by atoms with Gasteiger partial charge >= 0.3 is 12.0 Å². The van der Waals surface area contributed by atoms with Crippen LogP contribution < -0.4 is 15.4 Å². The summed E-state index contributed by atoms with van der Waals surface area (Å²) >= 11 is 0. The predicted molar refractivity (Wildman–Crippen MR) is 93.4 cm³/mol. The first-order chi connectivity index (χ1) is 13.0. The number of urea groups is 1. The van der Waals surface area contributed by atoms with Crippen molar-refractivity contribution < 1.29 is 22.7 Å². The second-order valence-electron chi connectivity index (χ2n) is 5.52. The van der Waals surface area contributed by atoms with E-state index in [2.05, 4.69) is 20.8 Å². The molecule has 0 aliphatic carbocycles. The van der Waals surface area contributed by atoms with Gasteiger partial charge in [0.2, 0.25) is 0 Å². The molecular weight excluding hydrogens is 358 g/mol. The van der Waals surface area contributed by atoms with Gasteiger partial charge in [-0.3, -0.25) is 5.32 Å². The van der Waals surface area contributed by atoms with E-state index < -0.39 is 17.7 Å². The molecule has 0 bridgehead atoms. The van der Waals surface area contributed by atoms with Crippen molar-refractivity contribution in [2.75, 3.05) is 19.0 Å². The van der Waals surface area contributed by atoms with Crippen LogP contribution >= 0.6 is 0 Å². The van der Waals surface area contributed by atoms with Gasteiger partial charge in [0.25, 0.3) is 5.89 Å². The van der Waals surface area contributed by atoms with Crippen molar-refractivity contribution in [2.45, 2.75) is 6.42 Å². The number of aromatic nitrogens is 2. The number of carbonyl (C=O) groups is 1. The number of amides is 2. The fraction of sp³-hybridized carbons (Fsp3) is 0.167. The first-order valence-corrected chi connectivity index (χ1v) is 8.02. The normalized spacial score (nSPS) is 10.5. The zero-order valence-electron chi connectivity index (χ0n) is 14.3. The molecule has 3 aromatic rings. The summed E-state index contributed by atoms with van der Waals surface area (Å²) in [5.41, 5.74) is 0.972. The van der Waals surface area contributed by atoms with Gasteiger partial charge < -0.3 is 14.5 Å². The summed E-state index contributed by atoms with van der Waals surface area (Å²) < 4.78 is 36.9. The van der Waals surface area contributed by atoms with Gasteiger partial charge in [0.15, 0.2) is 0 Å². The van der Waals surface area contributed by atoms with Gasteiger partial charge in [0.05, 0.1) is 12.7 Å². The first-order valence-electron chi connectivity index (χ1n) is 8.02. The van der Waals surface area contributed by atoms with E-state index in [-0.39, 0.29) is 17.5 Å². The van der Waals surface area contributed by atoms with Gasteiger partial charge in [0, 0.05) is 12.6 Å². The highest BCUT2D eigenvalue weighted by Gasteiger charge is 2.15. The number of carbonyl (C=O) groups excluding carboxylic acids is 1. The molecule has 2 amide bonds. The summed E-state index contributed by atoms with van der Waals surface area (Å²) in [5, 5.41) is 12.3. The van der Waals surface area contributed by atoms with E-state index >= 15 is 0 Å². The summed E-state index contributed by atoms with van der Waals surface area (Å²) in [6.45, 7) is 0.381. The smallest absolute Gasteiger partial charge is 0.324 e. The van der Waals surface area contributed by atoms with Crippen LogP contribution in [-0.4, -0.2) is 29.9 Å². The zero-order chi connectivity index (χ0) is 19.2. The molecule has 1 aromatic heterocycles. The fourth-order valence-corrected chi connectivity index (χ4v) is 2.30. The Morgan fingerprint density at radius 3 is 2.63 bits per heavy atom. The number of nitrogens with zero attached hydrogens (tertiary/aromatic N) is 2. The van der Waals surface area contributed by atoms with E-state index in [1.54, 1.807) is 7.11 Å². The highest BCUT2D eigenvalue weighted by molar-refractivity contribution is 5.86. The summed E-state index contributed by atoms with van der Waals surface area (Å²) in [7, 11) is 1.59. The van der Waals surface area contributed by atoms with Crippen LogP contribution in [0.5, 0.6) is 5.75 Å². The molecule has 0 aliphatic rings. The number of nitrogens with one attached hydrogen (secondary N) is 2. The molecule has 0 fully saturated rings. The molecule has 2 N–H and O–H groups in total. The van der Waals surface area contributed by atoms with E-state index in [0.717, 1.165) is 17.4 Å². The molecule has 0 saturated heterocycles. The van der Waals surface area contributed by atoms with Crippen LogP contribution in [0.15, 0.2) is 46.9 Å². The van der Waals surface area contributed by atoms with Gasteiger partial charge in [0.1, 0.15) is 17.4 Å². The monoisotopic (exact) mass is 374 g/mol. The van der Waals surface area contributed by atoms with Crippen LogP contribution in [0.4, 0.5) is 19.6 Å². The van der Waals surface area contributed by atoms with Crippen molar-refractivity contribution >= 4 is 12.0 Å². The first kappa shape index (κ1) is 18.3. The SMILES string of the molecule is COc1ccc(CCNC(=O)Nc2nnc(-c3ccc(F)cc3F)o2)cc1. The van der Waals surface area contributed by atoms with Crippen molar-refractivity contribution in [1.29, 1.82) is 0 Å². The third-order valence-corrected chi connectivity index (χ3v) is 3.67. The summed E-state index contributed by atoms with van der Waals surface area (Å²) in [4.78, 5) is 11.9. The number of hydrogen-bond acceptors (Lipinski definition) is 5. The van der Waals surface area contributed by atoms with Crippen LogP contribution in [-0.2, 0) is 6.42 Å². The maximum Gasteiger partial charge on any atom is 0.324 e. The number of anilines is 1. The third-order valence-electron chi connectivity index (χ3n) is 3.67. The number of halogens is 2. The number of methoxy groups -OCH3 is 1. The van der Waals surface area contributed by atoms with E-state index in [4.69, 9.17) is 9.15 Å². The Kier molecular flexibility index (Phi) is 5.60. The molecule has 1 heterocycles. The van der Waals surface area contributed by atoms with Crippen molar-refractivity contribution in [2.24, 2.45) is 0 Å². The van der Waals surface area contributed by atoms with E-state index in [0.29, 0.717) is 19.0 Å². The Morgan fingerprint density at radius 2 is 1.93 bits per heavy atom. The molecule has 0 unspecified atom stereocenters. The number of hydrogen-bond donors (Lipinski definition) is 2. The summed E-state index contributed by atoms with van der Waals surface area (Å²) in [5.74, 6) is -0.963. The lowest BCUT2D eigenvalue weighted by atomic mass is 10.1. The summed E-state index contributed by atoms with van der Waals surface area (Å²) in [6.07, 6.45) is 0.618. The average Bonchev–Trinajstić information content (AvgIpc) is 3.10. The molecule has 0 radical (unpaired) electrons. The lowest BCUT2D eigenvalue weighted by Gasteiger charge is -2.06. The standard InChI is InChI=1S/C18H16F2N4O3/c1-26-13-5-2-11(3-6-13)8-9-21-17(25)22-18-24-23-16(27-18)14-7-4-12(19)10-15(14)20/h2-7,10H,8-9H2,1H3,(H2,21,22,24,25). The predicted octanol–water partition coefficient (Wildman–Crippen LogP) is 3.39. The van der Waals surface area contributed by atoms with Crippen molar-refractivity contribution in [3.05, 3.63) is 59.7 Å². The fourth-order valence-electron chi connectivity index (χ4n) is 2.30. The minimum atomic E-state index is -0.839. The highest BCUT2D eigenvalue weighted by Crippen LogP contribution is 2.23. The van der Waals surface area contributed by atoms with Crippen molar-refractivity contribution in [3.8, 4) is 17.2 Å². The van der Waals surface area contributed by atoms with Crippen LogP contribution in [0.1, 0.15) is 5.56 Å². The van der Waals surface area contributed by atoms with E-state index in [9.17, 15) is 13.6 Å². The molecule has 2 aromatic carbocycles. The number of rotatable bonds is 6. The van der Waals surface area contributed by atoms with E-state index in [1.807, 2.05) is 24.3 Å². The van der Waals surface area contributed by atoms with Crippen LogP contribution in [0.25, 0.3) is 11.5 Å². The molecule has 9 heteroatoms.